The molecule has 0 bridgehead atoms. The zero-order valence-electron chi connectivity index (χ0n) is 10.1. The molecule has 0 unspecified atom stereocenters. The van der Waals surface area contributed by atoms with Crippen LogP contribution in [-0.2, 0) is 6.42 Å². The van der Waals surface area contributed by atoms with Crippen molar-refractivity contribution in [3.63, 3.8) is 0 Å². The summed E-state index contributed by atoms with van der Waals surface area (Å²) < 4.78 is 0. The van der Waals surface area contributed by atoms with E-state index < -0.39 is 6.04 Å². The molecule has 1 aromatic heterocycles. The third-order valence-corrected chi connectivity index (χ3v) is 2.76. The highest BCUT2D eigenvalue weighted by atomic mass is 35.5. The third kappa shape index (κ3) is 3.80. The molecule has 5 nitrogen and oxygen atoms in total. The van der Waals surface area contributed by atoms with Gasteiger partial charge >= 0.3 is 0 Å². The highest BCUT2D eigenvalue weighted by molar-refractivity contribution is 6.30. The molecule has 0 aliphatic rings. The maximum atomic E-state index is 9.02. The second-order valence-corrected chi connectivity index (χ2v) is 4.22. The van der Waals surface area contributed by atoms with E-state index in [1.807, 2.05) is 6.92 Å². The normalized spacial score (nSPS) is 10.9. The van der Waals surface area contributed by atoms with E-state index in [4.69, 9.17) is 21.8 Å². The van der Waals surface area contributed by atoms with Crippen molar-refractivity contribution in [2.75, 3.05) is 18.5 Å². The van der Waals surface area contributed by atoms with Crippen LogP contribution in [0.3, 0.4) is 0 Å². The van der Waals surface area contributed by atoms with E-state index >= 15 is 0 Å². The summed E-state index contributed by atoms with van der Waals surface area (Å²) in [5.41, 5.74) is 0.721. The quantitative estimate of drug-likeness (QED) is 0.668. The Balaban J connectivity index is 2.96. The van der Waals surface area contributed by atoms with Crippen LogP contribution in [0, 0.1) is 6.92 Å². The molecule has 17 heavy (non-hydrogen) atoms. The van der Waals surface area contributed by atoms with Gasteiger partial charge in [-0.05, 0) is 13.3 Å². The largest absolute Gasteiger partial charge is 0.394 e. The van der Waals surface area contributed by atoms with Crippen molar-refractivity contribution in [1.29, 1.82) is 0 Å². The third-order valence-electron chi connectivity index (χ3n) is 2.39. The molecule has 0 aliphatic heterocycles. The molecule has 96 valence electrons. The molecule has 0 aliphatic carbocycles. The Morgan fingerprint density at radius 1 is 1.29 bits per heavy atom. The number of rotatable bonds is 6. The minimum absolute atomic E-state index is 0.166. The Morgan fingerprint density at radius 3 is 2.47 bits per heavy atom. The molecule has 0 saturated carbocycles. The van der Waals surface area contributed by atoms with Gasteiger partial charge in [0.1, 0.15) is 16.8 Å². The number of aliphatic hydroxyl groups excluding tert-OH is 2. The maximum absolute atomic E-state index is 9.02. The second-order valence-electron chi connectivity index (χ2n) is 3.86. The fourth-order valence-electron chi connectivity index (χ4n) is 1.35. The molecular weight excluding hydrogens is 242 g/mol. The molecule has 3 N–H and O–H groups in total. The van der Waals surface area contributed by atoms with Crippen LogP contribution >= 0.6 is 11.6 Å². The van der Waals surface area contributed by atoms with Crippen LogP contribution in [0.2, 0.25) is 5.15 Å². The van der Waals surface area contributed by atoms with Gasteiger partial charge in [-0.3, -0.25) is 0 Å². The van der Waals surface area contributed by atoms with Crippen molar-refractivity contribution in [3.05, 3.63) is 16.5 Å². The molecule has 1 aromatic rings. The van der Waals surface area contributed by atoms with Gasteiger partial charge in [0.15, 0.2) is 0 Å². The van der Waals surface area contributed by atoms with Crippen LogP contribution < -0.4 is 5.32 Å². The van der Waals surface area contributed by atoms with E-state index in [9.17, 15) is 0 Å². The van der Waals surface area contributed by atoms with Gasteiger partial charge in [0.05, 0.1) is 19.3 Å². The predicted octanol–water partition coefficient (Wildman–Crippen LogP) is 1.16. The Bertz CT molecular complexity index is 370. The van der Waals surface area contributed by atoms with E-state index in [-0.39, 0.29) is 13.2 Å². The van der Waals surface area contributed by atoms with Gasteiger partial charge in [-0.15, -0.1) is 0 Å². The maximum Gasteiger partial charge on any atom is 0.137 e. The highest BCUT2D eigenvalue weighted by Gasteiger charge is 2.12. The van der Waals surface area contributed by atoms with Crippen LogP contribution in [0.4, 0.5) is 5.82 Å². The average molecular weight is 260 g/mol. The van der Waals surface area contributed by atoms with Gasteiger partial charge in [-0.25, -0.2) is 9.97 Å². The summed E-state index contributed by atoms with van der Waals surface area (Å²) in [6.45, 7) is 3.50. The molecule has 6 heteroatoms. The first kappa shape index (κ1) is 14.2. The van der Waals surface area contributed by atoms with Gasteiger partial charge in [0, 0.05) is 12.0 Å². The van der Waals surface area contributed by atoms with Gasteiger partial charge < -0.3 is 15.5 Å². The first-order chi connectivity index (χ1) is 8.12. The monoisotopic (exact) mass is 259 g/mol. The SMILES string of the molecule is CCCc1nc(Cl)c(C)c(NC(CO)CO)n1. The lowest BCUT2D eigenvalue weighted by molar-refractivity contribution is 0.203. The zero-order chi connectivity index (χ0) is 12.8. The second kappa shape index (κ2) is 6.74. The zero-order valence-corrected chi connectivity index (χ0v) is 10.8. The van der Waals surface area contributed by atoms with E-state index in [0.29, 0.717) is 16.8 Å². The molecule has 1 heterocycles. The van der Waals surface area contributed by atoms with Crippen molar-refractivity contribution in [1.82, 2.24) is 9.97 Å². The van der Waals surface area contributed by atoms with Gasteiger partial charge in [0.2, 0.25) is 0 Å². The Labute approximate surface area is 106 Å². The first-order valence-electron chi connectivity index (χ1n) is 5.63. The van der Waals surface area contributed by atoms with Crippen LogP contribution in [0.1, 0.15) is 24.7 Å². The molecule has 0 atom stereocenters. The topological polar surface area (TPSA) is 78.3 Å². The molecule has 0 fully saturated rings. The van der Waals surface area contributed by atoms with Crippen molar-refractivity contribution in [3.8, 4) is 0 Å². The highest BCUT2D eigenvalue weighted by Crippen LogP contribution is 2.20. The van der Waals surface area contributed by atoms with E-state index in [0.717, 1.165) is 18.4 Å². The van der Waals surface area contributed by atoms with Gasteiger partial charge in [0.25, 0.3) is 0 Å². The summed E-state index contributed by atoms with van der Waals surface area (Å²) in [6, 6.07) is -0.436. The summed E-state index contributed by atoms with van der Waals surface area (Å²) >= 11 is 6.01. The van der Waals surface area contributed by atoms with Crippen LogP contribution in [0.25, 0.3) is 0 Å². The standard InChI is InChI=1S/C11H18ClN3O2/c1-3-4-9-14-10(12)7(2)11(15-9)13-8(5-16)6-17/h8,16-17H,3-6H2,1-2H3,(H,13,14,15). The number of nitrogens with zero attached hydrogens (tertiary/aromatic N) is 2. The lowest BCUT2D eigenvalue weighted by atomic mass is 10.2. The van der Waals surface area contributed by atoms with Crippen molar-refractivity contribution < 1.29 is 10.2 Å². The Morgan fingerprint density at radius 2 is 1.94 bits per heavy atom. The summed E-state index contributed by atoms with van der Waals surface area (Å²) in [5, 5.41) is 21.4. The summed E-state index contributed by atoms with van der Waals surface area (Å²) in [4.78, 5) is 8.50. The van der Waals surface area contributed by atoms with Crippen LogP contribution in [-0.4, -0.2) is 39.4 Å². The van der Waals surface area contributed by atoms with Gasteiger partial charge in [-0.2, -0.15) is 0 Å². The number of nitrogens with one attached hydrogen (secondary N) is 1. The van der Waals surface area contributed by atoms with E-state index in [1.54, 1.807) is 6.92 Å². The number of hydrogen-bond acceptors (Lipinski definition) is 5. The number of aliphatic hydroxyl groups is 2. The molecular formula is C11H18ClN3O2. The van der Waals surface area contributed by atoms with Crippen molar-refractivity contribution >= 4 is 17.4 Å². The van der Waals surface area contributed by atoms with Crippen LogP contribution in [0.15, 0.2) is 0 Å². The number of hydrogen-bond donors (Lipinski definition) is 3. The Hall–Kier alpha value is -0.910. The lowest BCUT2D eigenvalue weighted by Crippen LogP contribution is -2.28. The van der Waals surface area contributed by atoms with Crippen molar-refractivity contribution in [2.24, 2.45) is 0 Å². The van der Waals surface area contributed by atoms with Crippen LogP contribution in [0.5, 0.6) is 0 Å². The molecule has 0 spiro atoms. The summed E-state index contributed by atoms with van der Waals surface area (Å²) in [5.74, 6) is 1.24. The fraction of sp³-hybridized carbons (Fsp3) is 0.636. The first-order valence-corrected chi connectivity index (χ1v) is 6.01. The summed E-state index contributed by atoms with van der Waals surface area (Å²) in [7, 11) is 0. The molecule has 0 radical (unpaired) electrons. The minimum Gasteiger partial charge on any atom is -0.394 e. The number of anilines is 1. The number of aryl methyl sites for hydroxylation is 1. The average Bonchev–Trinajstić information content (AvgIpc) is 2.32. The van der Waals surface area contributed by atoms with Crippen molar-refractivity contribution in [2.45, 2.75) is 32.7 Å². The molecule has 0 aromatic carbocycles. The molecule has 0 saturated heterocycles. The molecule has 0 amide bonds. The minimum atomic E-state index is -0.436. The predicted molar refractivity (Wildman–Crippen MR) is 67.4 cm³/mol. The fourth-order valence-corrected chi connectivity index (χ4v) is 1.54. The number of halogens is 1. The molecule has 1 rings (SSSR count). The number of aromatic nitrogens is 2. The smallest absolute Gasteiger partial charge is 0.137 e. The van der Waals surface area contributed by atoms with E-state index in [2.05, 4.69) is 15.3 Å². The Kier molecular flexibility index (Phi) is 5.61. The summed E-state index contributed by atoms with van der Waals surface area (Å²) in [6.07, 6.45) is 1.68. The lowest BCUT2D eigenvalue weighted by Gasteiger charge is -2.16. The van der Waals surface area contributed by atoms with Gasteiger partial charge in [-0.1, -0.05) is 18.5 Å². The van der Waals surface area contributed by atoms with E-state index in [1.165, 1.54) is 0 Å².